The number of halogens is 1. The lowest BCUT2D eigenvalue weighted by molar-refractivity contribution is -0.125. The largest absolute Gasteiger partial charge is 0.339 e. The molecule has 0 spiro atoms. The number of anilines is 1. The first-order valence-corrected chi connectivity index (χ1v) is 11.7. The molecule has 1 N–H and O–H groups in total. The molecule has 8 nitrogen and oxygen atoms in total. The Labute approximate surface area is 207 Å². The first-order valence-electron chi connectivity index (χ1n) is 11.3. The Morgan fingerprint density at radius 1 is 1.17 bits per heavy atom. The summed E-state index contributed by atoms with van der Waals surface area (Å²) in [5, 5.41) is 9.01. The fourth-order valence-corrected chi connectivity index (χ4v) is 4.65. The maximum Gasteiger partial charge on any atom is 0.256 e. The maximum absolute atomic E-state index is 12.6. The molecule has 0 aliphatic carbocycles. The Bertz CT molecular complexity index is 1400. The minimum absolute atomic E-state index is 0.0482. The second kappa shape index (κ2) is 9.68. The molecule has 176 valence electrons. The number of nitrogens with one attached hydrogen (secondary N) is 1. The van der Waals surface area contributed by atoms with E-state index in [0.29, 0.717) is 36.0 Å². The van der Waals surface area contributed by atoms with E-state index in [9.17, 15) is 9.59 Å². The second-order valence-electron chi connectivity index (χ2n) is 8.44. The van der Waals surface area contributed by atoms with Crippen LogP contribution >= 0.6 is 11.6 Å². The Kier molecular flexibility index (Phi) is 6.29. The van der Waals surface area contributed by atoms with Crippen LogP contribution in [0, 0.1) is 5.92 Å². The van der Waals surface area contributed by atoms with Gasteiger partial charge >= 0.3 is 0 Å². The van der Waals surface area contributed by atoms with E-state index < -0.39 is 0 Å². The molecule has 4 aromatic rings. The van der Waals surface area contributed by atoms with E-state index in [1.54, 1.807) is 42.9 Å². The topological polar surface area (TPSA) is 93.0 Å². The molecule has 1 aliphatic heterocycles. The van der Waals surface area contributed by atoms with E-state index >= 15 is 0 Å². The van der Waals surface area contributed by atoms with Gasteiger partial charge in [0.1, 0.15) is 11.5 Å². The molecule has 5 rings (SSSR count). The fourth-order valence-electron chi connectivity index (χ4n) is 4.39. The van der Waals surface area contributed by atoms with Crippen molar-refractivity contribution in [2.45, 2.75) is 13.0 Å². The van der Waals surface area contributed by atoms with Crippen LogP contribution in [-0.2, 0) is 11.3 Å². The number of aromatic nitrogens is 4. The Hall–Kier alpha value is -4.04. The molecule has 1 saturated heterocycles. The predicted molar refractivity (Wildman–Crippen MR) is 135 cm³/mol. The van der Waals surface area contributed by atoms with Crippen LogP contribution in [0.4, 0.5) is 5.82 Å². The molecule has 1 aromatic carbocycles. The van der Waals surface area contributed by atoms with E-state index in [4.69, 9.17) is 16.7 Å². The van der Waals surface area contributed by atoms with Gasteiger partial charge in [0.2, 0.25) is 5.91 Å². The molecule has 9 heteroatoms. The molecule has 4 heterocycles. The number of benzene rings is 1. The van der Waals surface area contributed by atoms with Crippen LogP contribution in [0.15, 0.2) is 73.7 Å². The SMILES string of the molecule is C=CC(=O)N1CC[C@@H](Cn2nc(-c3ccc(C(=O)Nc4ccccn4)cc3)c3cncc(Cl)c32)C1. The van der Waals surface area contributed by atoms with Crippen LogP contribution in [0.1, 0.15) is 16.8 Å². The van der Waals surface area contributed by atoms with E-state index in [2.05, 4.69) is 21.9 Å². The van der Waals surface area contributed by atoms with Crippen molar-refractivity contribution in [3.63, 3.8) is 0 Å². The third-order valence-electron chi connectivity index (χ3n) is 6.14. The van der Waals surface area contributed by atoms with Crippen molar-refractivity contribution in [2.24, 2.45) is 5.92 Å². The molecule has 35 heavy (non-hydrogen) atoms. The van der Waals surface area contributed by atoms with Crippen molar-refractivity contribution >= 4 is 40.1 Å². The highest BCUT2D eigenvalue weighted by Crippen LogP contribution is 2.33. The molecular formula is C26H23ClN6O2. The van der Waals surface area contributed by atoms with Gasteiger partial charge in [-0.05, 0) is 42.7 Å². The van der Waals surface area contributed by atoms with Gasteiger partial charge in [-0.15, -0.1) is 0 Å². The molecule has 0 radical (unpaired) electrons. The van der Waals surface area contributed by atoms with Crippen LogP contribution in [0.25, 0.3) is 22.2 Å². The van der Waals surface area contributed by atoms with E-state index in [-0.39, 0.29) is 17.7 Å². The number of nitrogens with zero attached hydrogens (tertiary/aromatic N) is 5. The second-order valence-corrected chi connectivity index (χ2v) is 8.84. The van der Waals surface area contributed by atoms with Crippen LogP contribution < -0.4 is 5.32 Å². The maximum atomic E-state index is 12.6. The van der Waals surface area contributed by atoms with Crippen molar-refractivity contribution in [2.75, 3.05) is 18.4 Å². The smallest absolute Gasteiger partial charge is 0.256 e. The molecule has 1 atom stereocenters. The summed E-state index contributed by atoms with van der Waals surface area (Å²) >= 11 is 6.53. The Balaban J connectivity index is 1.41. The lowest BCUT2D eigenvalue weighted by atomic mass is 10.1. The number of rotatable bonds is 6. The normalized spacial score (nSPS) is 15.3. The fraction of sp³-hybridized carbons (Fsp3) is 0.192. The van der Waals surface area contributed by atoms with Gasteiger partial charge in [-0.2, -0.15) is 5.10 Å². The molecule has 1 aliphatic rings. The quantitative estimate of drug-likeness (QED) is 0.407. The molecule has 2 amide bonds. The van der Waals surface area contributed by atoms with Gasteiger partial charge in [0, 0.05) is 54.7 Å². The minimum Gasteiger partial charge on any atom is -0.339 e. The van der Waals surface area contributed by atoms with E-state index in [0.717, 1.165) is 28.6 Å². The summed E-state index contributed by atoms with van der Waals surface area (Å²) in [5.74, 6) is 0.465. The number of likely N-dealkylation sites (tertiary alicyclic amines) is 1. The lowest BCUT2D eigenvalue weighted by Crippen LogP contribution is -2.27. The van der Waals surface area contributed by atoms with E-state index in [1.165, 1.54) is 6.08 Å². The number of hydrogen-bond acceptors (Lipinski definition) is 5. The molecule has 3 aromatic heterocycles. The molecule has 1 fully saturated rings. The third kappa shape index (κ3) is 4.65. The van der Waals surface area contributed by atoms with Crippen molar-refractivity contribution in [3.05, 3.63) is 84.3 Å². The van der Waals surface area contributed by atoms with E-state index in [1.807, 2.05) is 27.8 Å². The zero-order valence-electron chi connectivity index (χ0n) is 18.9. The van der Waals surface area contributed by atoms with Gasteiger partial charge < -0.3 is 10.2 Å². The van der Waals surface area contributed by atoms with Crippen molar-refractivity contribution in [1.82, 2.24) is 24.6 Å². The number of fused-ring (bicyclic) bond motifs is 1. The number of hydrogen-bond donors (Lipinski definition) is 1. The summed E-state index contributed by atoms with van der Waals surface area (Å²) in [6.45, 7) is 5.58. The highest BCUT2D eigenvalue weighted by atomic mass is 35.5. The van der Waals surface area contributed by atoms with Gasteiger partial charge in [0.05, 0.1) is 10.5 Å². The first-order chi connectivity index (χ1) is 17.0. The van der Waals surface area contributed by atoms with Gasteiger partial charge in [0.25, 0.3) is 5.91 Å². The zero-order chi connectivity index (χ0) is 24.4. The summed E-state index contributed by atoms with van der Waals surface area (Å²) in [6, 6.07) is 12.6. The summed E-state index contributed by atoms with van der Waals surface area (Å²) in [4.78, 5) is 34.7. The summed E-state index contributed by atoms with van der Waals surface area (Å²) in [6.07, 6.45) is 7.23. The lowest BCUT2D eigenvalue weighted by Gasteiger charge is -2.14. The highest BCUT2D eigenvalue weighted by molar-refractivity contribution is 6.35. The predicted octanol–water partition coefficient (Wildman–Crippen LogP) is 4.43. The number of carbonyl (C=O) groups excluding carboxylic acids is 2. The van der Waals surface area contributed by atoms with Crippen LogP contribution in [0.3, 0.4) is 0 Å². The Morgan fingerprint density at radius 2 is 2.00 bits per heavy atom. The van der Waals surface area contributed by atoms with Crippen molar-refractivity contribution in [3.8, 4) is 11.3 Å². The molecule has 0 saturated carbocycles. The molecular weight excluding hydrogens is 464 g/mol. The van der Waals surface area contributed by atoms with Gasteiger partial charge in [-0.3, -0.25) is 19.3 Å². The third-order valence-corrected chi connectivity index (χ3v) is 6.41. The number of amides is 2. The Morgan fingerprint density at radius 3 is 2.74 bits per heavy atom. The minimum atomic E-state index is -0.241. The van der Waals surface area contributed by atoms with Gasteiger partial charge in [-0.25, -0.2) is 4.98 Å². The first kappa shape index (κ1) is 22.7. The monoisotopic (exact) mass is 486 g/mol. The average molecular weight is 487 g/mol. The standard InChI is InChI=1S/C26H23ClN6O2/c1-2-23(34)32-12-10-17(15-32)16-33-25-20(13-28-14-21(25)27)24(31-33)18-6-8-19(9-7-18)26(35)30-22-5-3-4-11-29-22/h2-9,11,13-14,17H,1,10,12,15-16H2,(H,29,30,35)/t17-/m1/s1. The summed E-state index contributed by atoms with van der Waals surface area (Å²) < 4.78 is 1.91. The van der Waals surface area contributed by atoms with Gasteiger partial charge in [0.15, 0.2) is 0 Å². The van der Waals surface area contributed by atoms with Crippen molar-refractivity contribution < 1.29 is 9.59 Å². The van der Waals surface area contributed by atoms with Crippen LogP contribution in [0.2, 0.25) is 5.02 Å². The van der Waals surface area contributed by atoms with Gasteiger partial charge in [-0.1, -0.05) is 36.4 Å². The highest BCUT2D eigenvalue weighted by Gasteiger charge is 2.27. The van der Waals surface area contributed by atoms with Crippen LogP contribution in [0.5, 0.6) is 0 Å². The molecule has 0 unspecified atom stereocenters. The number of carbonyl (C=O) groups is 2. The zero-order valence-corrected chi connectivity index (χ0v) is 19.7. The average Bonchev–Trinajstić information content (AvgIpc) is 3.50. The molecule has 0 bridgehead atoms. The summed E-state index contributed by atoms with van der Waals surface area (Å²) in [7, 11) is 0. The van der Waals surface area contributed by atoms with Crippen molar-refractivity contribution in [1.29, 1.82) is 0 Å². The summed E-state index contributed by atoms with van der Waals surface area (Å²) in [5.41, 5.74) is 2.91. The van der Waals surface area contributed by atoms with Crippen LogP contribution in [-0.4, -0.2) is 49.6 Å². The number of pyridine rings is 2.